The summed E-state index contributed by atoms with van der Waals surface area (Å²) in [5.74, 6) is 0. The molecule has 0 aliphatic heterocycles. The molecule has 2 heteroatoms. The van der Waals surface area contributed by atoms with Gasteiger partial charge in [-0.1, -0.05) is 12.1 Å². The third kappa shape index (κ3) is 1.74. The number of anilines is 1. The molecule has 0 heterocycles. The Morgan fingerprint density at radius 2 is 1.91 bits per heavy atom. The highest BCUT2D eigenvalue weighted by molar-refractivity contribution is 9.10. The molecule has 0 atom stereocenters. The van der Waals surface area contributed by atoms with E-state index in [9.17, 15) is 0 Å². The lowest BCUT2D eigenvalue weighted by Gasteiger charge is -2.15. The Morgan fingerprint density at radius 1 is 1.27 bits per heavy atom. The van der Waals surface area contributed by atoms with Crippen molar-refractivity contribution < 1.29 is 0 Å². The van der Waals surface area contributed by atoms with Crippen LogP contribution in [0.1, 0.15) is 5.56 Å². The van der Waals surface area contributed by atoms with E-state index in [1.54, 1.807) is 0 Å². The summed E-state index contributed by atoms with van der Waals surface area (Å²) in [6.45, 7) is 2.09. The highest BCUT2D eigenvalue weighted by Crippen LogP contribution is 2.27. The van der Waals surface area contributed by atoms with E-state index in [1.165, 1.54) is 15.7 Å². The van der Waals surface area contributed by atoms with Gasteiger partial charge in [0.25, 0.3) is 0 Å². The number of benzene rings is 1. The highest BCUT2D eigenvalue weighted by Gasteiger charge is 2.02. The molecule has 0 saturated carbocycles. The molecule has 11 heavy (non-hydrogen) atoms. The standard InChI is InChI=1S/C9H12BrN/c1-7-5-4-6-8(9(7)10)11(2)3/h4-6H,1-3H3. The first-order valence-electron chi connectivity index (χ1n) is 3.55. The minimum Gasteiger partial charge on any atom is -0.377 e. The average Bonchev–Trinajstić information content (AvgIpc) is 1.94. The van der Waals surface area contributed by atoms with Gasteiger partial charge in [-0.3, -0.25) is 0 Å². The van der Waals surface area contributed by atoms with E-state index in [0.29, 0.717) is 0 Å². The lowest BCUT2D eigenvalue weighted by atomic mass is 10.2. The Bertz CT molecular complexity index is 256. The van der Waals surface area contributed by atoms with Crippen LogP contribution < -0.4 is 4.90 Å². The van der Waals surface area contributed by atoms with Crippen LogP contribution >= 0.6 is 15.9 Å². The summed E-state index contributed by atoms with van der Waals surface area (Å²) in [5.41, 5.74) is 2.50. The van der Waals surface area contributed by atoms with Crippen molar-refractivity contribution in [2.24, 2.45) is 0 Å². The zero-order valence-corrected chi connectivity index (χ0v) is 8.64. The molecular weight excluding hydrogens is 202 g/mol. The molecule has 60 valence electrons. The maximum atomic E-state index is 3.54. The van der Waals surface area contributed by atoms with Crippen LogP contribution in [0.15, 0.2) is 22.7 Å². The number of hydrogen-bond donors (Lipinski definition) is 0. The van der Waals surface area contributed by atoms with Crippen LogP contribution in [0.2, 0.25) is 0 Å². The van der Waals surface area contributed by atoms with E-state index in [2.05, 4.69) is 46.0 Å². The van der Waals surface area contributed by atoms with Crippen LogP contribution in [0.4, 0.5) is 5.69 Å². The second kappa shape index (κ2) is 3.26. The summed E-state index contributed by atoms with van der Waals surface area (Å²) in [7, 11) is 4.08. The quantitative estimate of drug-likeness (QED) is 0.694. The molecule has 0 amide bonds. The van der Waals surface area contributed by atoms with Gasteiger partial charge in [0.2, 0.25) is 0 Å². The minimum absolute atomic E-state index is 1.19. The Morgan fingerprint density at radius 3 is 2.36 bits per heavy atom. The number of rotatable bonds is 1. The Balaban J connectivity index is 3.17. The molecule has 1 nitrogen and oxygen atoms in total. The monoisotopic (exact) mass is 213 g/mol. The Labute approximate surface area is 76.2 Å². The molecule has 1 aromatic carbocycles. The van der Waals surface area contributed by atoms with Gasteiger partial charge in [-0.2, -0.15) is 0 Å². The van der Waals surface area contributed by atoms with Crippen LogP contribution in [0, 0.1) is 6.92 Å². The first-order chi connectivity index (χ1) is 5.13. The van der Waals surface area contributed by atoms with Crippen molar-refractivity contribution in [3.05, 3.63) is 28.2 Å². The van der Waals surface area contributed by atoms with Gasteiger partial charge in [0.15, 0.2) is 0 Å². The fourth-order valence-electron chi connectivity index (χ4n) is 0.977. The van der Waals surface area contributed by atoms with E-state index in [4.69, 9.17) is 0 Å². The van der Waals surface area contributed by atoms with Gasteiger partial charge < -0.3 is 4.90 Å². The normalized spacial score (nSPS) is 9.82. The van der Waals surface area contributed by atoms with E-state index >= 15 is 0 Å². The van der Waals surface area contributed by atoms with E-state index in [0.717, 1.165) is 0 Å². The van der Waals surface area contributed by atoms with Crippen LogP contribution in [0.3, 0.4) is 0 Å². The molecule has 0 bridgehead atoms. The third-order valence-corrected chi connectivity index (χ3v) is 2.68. The molecule has 0 aliphatic rings. The summed E-state index contributed by atoms with van der Waals surface area (Å²) in [5, 5.41) is 0. The van der Waals surface area contributed by atoms with Crippen molar-refractivity contribution in [3.63, 3.8) is 0 Å². The predicted molar refractivity (Wildman–Crippen MR) is 53.2 cm³/mol. The van der Waals surface area contributed by atoms with Gasteiger partial charge in [-0.05, 0) is 34.5 Å². The lowest BCUT2D eigenvalue weighted by molar-refractivity contribution is 1.12. The largest absolute Gasteiger partial charge is 0.377 e. The maximum Gasteiger partial charge on any atom is 0.0508 e. The van der Waals surface area contributed by atoms with Crippen molar-refractivity contribution in [3.8, 4) is 0 Å². The first kappa shape index (κ1) is 8.60. The second-order valence-electron chi connectivity index (χ2n) is 2.80. The first-order valence-corrected chi connectivity index (χ1v) is 4.34. The maximum absolute atomic E-state index is 3.54. The Hall–Kier alpha value is -0.500. The zero-order valence-electron chi connectivity index (χ0n) is 7.06. The van der Waals surface area contributed by atoms with Crippen LogP contribution in [-0.4, -0.2) is 14.1 Å². The summed E-state index contributed by atoms with van der Waals surface area (Å²) in [6, 6.07) is 6.25. The summed E-state index contributed by atoms with van der Waals surface area (Å²) >= 11 is 3.54. The van der Waals surface area contributed by atoms with E-state index in [1.807, 2.05) is 14.1 Å². The van der Waals surface area contributed by atoms with E-state index < -0.39 is 0 Å². The number of nitrogens with zero attached hydrogens (tertiary/aromatic N) is 1. The molecule has 0 aromatic heterocycles. The predicted octanol–water partition coefficient (Wildman–Crippen LogP) is 2.82. The van der Waals surface area contributed by atoms with Crippen molar-refractivity contribution in [2.75, 3.05) is 19.0 Å². The lowest BCUT2D eigenvalue weighted by Crippen LogP contribution is -2.09. The zero-order chi connectivity index (χ0) is 8.43. The van der Waals surface area contributed by atoms with Crippen molar-refractivity contribution >= 4 is 21.6 Å². The van der Waals surface area contributed by atoms with Crippen LogP contribution in [0.25, 0.3) is 0 Å². The van der Waals surface area contributed by atoms with Gasteiger partial charge in [-0.25, -0.2) is 0 Å². The van der Waals surface area contributed by atoms with Gasteiger partial charge in [0, 0.05) is 18.6 Å². The minimum atomic E-state index is 1.19. The summed E-state index contributed by atoms with van der Waals surface area (Å²) in [6.07, 6.45) is 0. The molecule has 0 aliphatic carbocycles. The van der Waals surface area contributed by atoms with Gasteiger partial charge in [0.05, 0.1) is 5.69 Å². The number of hydrogen-bond acceptors (Lipinski definition) is 1. The smallest absolute Gasteiger partial charge is 0.0508 e. The van der Waals surface area contributed by atoms with Crippen molar-refractivity contribution in [1.82, 2.24) is 0 Å². The van der Waals surface area contributed by atoms with Gasteiger partial charge in [0.1, 0.15) is 0 Å². The van der Waals surface area contributed by atoms with Crippen molar-refractivity contribution in [2.45, 2.75) is 6.92 Å². The number of aryl methyl sites for hydroxylation is 1. The topological polar surface area (TPSA) is 3.24 Å². The summed E-state index contributed by atoms with van der Waals surface area (Å²) in [4.78, 5) is 2.09. The SMILES string of the molecule is Cc1cccc(N(C)C)c1Br. The second-order valence-corrected chi connectivity index (χ2v) is 3.60. The molecule has 1 aromatic rings. The average molecular weight is 214 g/mol. The summed E-state index contributed by atoms with van der Waals surface area (Å²) < 4.78 is 1.19. The molecule has 0 spiro atoms. The fraction of sp³-hybridized carbons (Fsp3) is 0.333. The van der Waals surface area contributed by atoms with Crippen LogP contribution in [-0.2, 0) is 0 Å². The van der Waals surface area contributed by atoms with Crippen LogP contribution in [0.5, 0.6) is 0 Å². The van der Waals surface area contributed by atoms with Gasteiger partial charge in [-0.15, -0.1) is 0 Å². The van der Waals surface area contributed by atoms with Gasteiger partial charge >= 0.3 is 0 Å². The fourth-order valence-corrected chi connectivity index (χ4v) is 1.60. The van der Waals surface area contributed by atoms with E-state index in [-0.39, 0.29) is 0 Å². The molecule has 0 radical (unpaired) electrons. The molecular formula is C9H12BrN. The third-order valence-electron chi connectivity index (χ3n) is 1.65. The van der Waals surface area contributed by atoms with Crippen molar-refractivity contribution in [1.29, 1.82) is 0 Å². The Kier molecular flexibility index (Phi) is 2.55. The highest BCUT2D eigenvalue weighted by atomic mass is 79.9. The molecule has 1 rings (SSSR count). The molecule has 0 fully saturated rings. The molecule has 0 saturated heterocycles. The number of halogens is 1. The molecule has 0 unspecified atom stereocenters. The molecule has 0 N–H and O–H groups in total.